The number of carbonyl (C=O) groups excluding carboxylic acids is 2. The zero-order valence-electron chi connectivity index (χ0n) is 17.7. The lowest BCUT2D eigenvalue weighted by molar-refractivity contribution is -0.111. The van der Waals surface area contributed by atoms with Crippen molar-refractivity contribution >= 4 is 23.6 Å². The first-order valence-corrected chi connectivity index (χ1v) is 9.59. The topological polar surface area (TPSA) is 83.1 Å². The monoisotopic (exact) mass is 413 g/mol. The highest BCUT2D eigenvalue weighted by atomic mass is 16.5. The molecule has 0 aliphatic carbocycles. The number of esters is 1. The Morgan fingerprint density at radius 1 is 0.933 bits per heavy atom. The van der Waals surface area contributed by atoms with Crippen LogP contribution in [0.1, 0.15) is 35.7 Å². The van der Waals surface area contributed by atoms with E-state index in [-0.39, 0.29) is 11.9 Å². The Hall–Kier alpha value is -3.48. The lowest BCUT2D eigenvalue weighted by Crippen LogP contribution is -2.09. The van der Waals surface area contributed by atoms with E-state index in [1.165, 1.54) is 27.4 Å². The Kier molecular flexibility index (Phi) is 8.75. The van der Waals surface area contributed by atoms with Gasteiger partial charge in [-0.1, -0.05) is 13.3 Å². The highest BCUT2D eigenvalue weighted by Gasteiger charge is 2.14. The summed E-state index contributed by atoms with van der Waals surface area (Å²) in [6, 6.07) is 10.0. The molecule has 1 N–H and O–H groups in total. The average Bonchev–Trinajstić information content (AvgIpc) is 2.77. The molecule has 0 unspecified atom stereocenters. The van der Waals surface area contributed by atoms with Gasteiger partial charge in [-0.3, -0.25) is 4.79 Å². The molecular weight excluding hydrogens is 386 g/mol. The zero-order chi connectivity index (χ0) is 21.9. The van der Waals surface area contributed by atoms with Crippen molar-refractivity contribution in [3.05, 3.63) is 53.6 Å². The molecule has 2 aromatic carbocycles. The molecule has 7 nitrogen and oxygen atoms in total. The van der Waals surface area contributed by atoms with E-state index in [2.05, 4.69) is 5.32 Å². The van der Waals surface area contributed by atoms with Gasteiger partial charge in [-0.05, 0) is 48.9 Å². The highest BCUT2D eigenvalue weighted by molar-refractivity contribution is 6.02. The molecule has 2 aromatic rings. The van der Waals surface area contributed by atoms with Crippen LogP contribution in [0.4, 0.5) is 5.69 Å². The predicted octanol–water partition coefficient (Wildman–Crippen LogP) is 4.32. The van der Waals surface area contributed by atoms with Gasteiger partial charge < -0.3 is 24.3 Å². The molecular formula is C23H27NO6. The molecule has 0 fully saturated rings. The van der Waals surface area contributed by atoms with Crippen LogP contribution in [0.3, 0.4) is 0 Å². The molecule has 2 rings (SSSR count). The SMILES string of the molecule is CCCCOC(=O)c1ccc(NC(=O)/C=C/c2ccc(OC)c(OC)c2OC)cc1. The molecule has 0 aliphatic heterocycles. The molecule has 160 valence electrons. The Balaban J connectivity index is 2.04. The van der Waals surface area contributed by atoms with Crippen LogP contribution in [0.25, 0.3) is 6.08 Å². The average molecular weight is 413 g/mol. The number of ether oxygens (including phenoxy) is 4. The Morgan fingerprint density at radius 3 is 2.23 bits per heavy atom. The minimum absolute atomic E-state index is 0.329. The predicted molar refractivity (Wildman–Crippen MR) is 115 cm³/mol. The summed E-state index contributed by atoms with van der Waals surface area (Å²) in [6.07, 6.45) is 4.80. The molecule has 7 heteroatoms. The van der Waals surface area contributed by atoms with Crippen LogP contribution in [-0.2, 0) is 9.53 Å². The molecule has 0 atom stereocenters. The Labute approximate surface area is 176 Å². The fourth-order valence-electron chi connectivity index (χ4n) is 2.69. The maximum Gasteiger partial charge on any atom is 0.338 e. The largest absolute Gasteiger partial charge is 0.493 e. The third-order valence-corrected chi connectivity index (χ3v) is 4.27. The summed E-state index contributed by atoms with van der Waals surface area (Å²) in [6.45, 7) is 2.43. The maximum atomic E-state index is 12.3. The molecule has 0 aliphatic rings. The van der Waals surface area contributed by atoms with Gasteiger partial charge >= 0.3 is 5.97 Å². The second-order valence-electron chi connectivity index (χ2n) is 6.31. The highest BCUT2D eigenvalue weighted by Crippen LogP contribution is 2.40. The number of hydrogen-bond acceptors (Lipinski definition) is 6. The molecule has 0 bridgehead atoms. The normalized spacial score (nSPS) is 10.5. The van der Waals surface area contributed by atoms with Crippen molar-refractivity contribution < 1.29 is 28.5 Å². The van der Waals surface area contributed by atoms with Crippen molar-refractivity contribution in [3.8, 4) is 17.2 Å². The summed E-state index contributed by atoms with van der Waals surface area (Å²) in [5.74, 6) is 0.743. The molecule has 1 amide bonds. The van der Waals surface area contributed by atoms with Gasteiger partial charge in [-0.2, -0.15) is 0 Å². The van der Waals surface area contributed by atoms with E-state index in [4.69, 9.17) is 18.9 Å². The van der Waals surface area contributed by atoms with E-state index in [1.807, 2.05) is 6.92 Å². The van der Waals surface area contributed by atoms with E-state index in [0.29, 0.717) is 40.7 Å². The van der Waals surface area contributed by atoms with Gasteiger partial charge in [0.05, 0.1) is 33.5 Å². The first-order chi connectivity index (χ1) is 14.5. The van der Waals surface area contributed by atoms with E-state index < -0.39 is 0 Å². The second-order valence-corrected chi connectivity index (χ2v) is 6.31. The molecule has 30 heavy (non-hydrogen) atoms. The van der Waals surface area contributed by atoms with Crippen LogP contribution in [0.15, 0.2) is 42.5 Å². The van der Waals surface area contributed by atoms with Crippen LogP contribution in [0, 0.1) is 0 Å². The summed E-state index contributed by atoms with van der Waals surface area (Å²) >= 11 is 0. The van der Waals surface area contributed by atoms with E-state index >= 15 is 0 Å². The van der Waals surface area contributed by atoms with Crippen LogP contribution >= 0.6 is 0 Å². The molecule has 0 saturated heterocycles. The van der Waals surface area contributed by atoms with E-state index in [9.17, 15) is 9.59 Å². The lowest BCUT2D eigenvalue weighted by Gasteiger charge is -2.14. The van der Waals surface area contributed by atoms with Gasteiger partial charge in [0, 0.05) is 17.3 Å². The smallest absolute Gasteiger partial charge is 0.338 e. The third-order valence-electron chi connectivity index (χ3n) is 4.27. The van der Waals surface area contributed by atoms with Crippen molar-refractivity contribution in [2.75, 3.05) is 33.3 Å². The quantitative estimate of drug-likeness (QED) is 0.355. The van der Waals surface area contributed by atoms with Crippen molar-refractivity contribution in [2.24, 2.45) is 0 Å². The first-order valence-electron chi connectivity index (χ1n) is 9.59. The van der Waals surface area contributed by atoms with Gasteiger partial charge in [0.2, 0.25) is 11.7 Å². The van der Waals surface area contributed by atoms with Crippen LogP contribution in [0.2, 0.25) is 0 Å². The minimum atomic E-state index is -0.373. The molecule has 0 radical (unpaired) electrons. The van der Waals surface area contributed by atoms with Gasteiger partial charge in [0.15, 0.2) is 11.5 Å². The zero-order valence-corrected chi connectivity index (χ0v) is 17.7. The number of rotatable bonds is 10. The van der Waals surface area contributed by atoms with Crippen molar-refractivity contribution in [1.29, 1.82) is 0 Å². The number of benzene rings is 2. The van der Waals surface area contributed by atoms with Crippen molar-refractivity contribution in [2.45, 2.75) is 19.8 Å². The Bertz CT molecular complexity index is 889. The standard InChI is InChI=1S/C23H27NO6/c1-5-6-15-30-23(26)17-7-11-18(12-8-17)24-20(25)14-10-16-9-13-19(27-2)22(29-4)21(16)28-3/h7-14H,5-6,15H2,1-4H3,(H,24,25)/b14-10+. The maximum absolute atomic E-state index is 12.3. The summed E-state index contributed by atoms with van der Waals surface area (Å²) in [7, 11) is 4.57. The van der Waals surface area contributed by atoms with Crippen molar-refractivity contribution in [1.82, 2.24) is 0 Å². The number of anilines is 1. The number of nitrogens with one attached hydrogen (secondary N) is 1. The molecule has 0 spiro atoms. The summed E-state index contributed by atoms with van der Waals surface area (Å²) in [4.78, 5) is 24.2. The summed E-state index contributed by atoms with van der Waals surface area (Å²) in [5.41, 5.74) is 1.67. The van der Waals surface area contributed by atoms with Gasteiger partial charge in [-0.25, -0.2) is 4.79 Å². The fourth-order valence-corrected chi connectivity index (χ4v) is 2.69. The lowest BCUT2D eigenvalue weighted by atomic mass is 10.1. The van der Waals surface area contributed by atoms with Crippen LogP contribution < -0.4 is 19.5 Å². The number of hydrogen-bond donors (Lipinski definition) is 1. The van der Waals surface area contributed by atoms with Crippen LogP contribution in [-0.4, -0.2) is 39.8 Å². The summed E-state index contributed by atoms with van der Waals surface area (Å²) in [5, 5.41) is 2.74. The minimum Gasteiger partial charge on any atom is -0.493 e. The third kappa shape index (κ3) is 6.01. The number of methoxy groups -OCH3 is 3. The molecule has 0 heterocycles. The van der Waals surface area contributed by atoms with Gasteiger partial charge in [0.1, 0.15) is 0 Å². The van der Waals surface area contributed by atoms with Crippen LogP contribution in [0.5, 0.6) is 17.2 Å². The number of carbonyl (C=O) groups is 2. The Morgan fingerprint density at radius 2 is 1.63 bits per heavy atom. The van der Waals surface area contributed by atoms with Gasteiger partial charge in [0.25, 0.3) is 0 Å². The molecule has 0 aromatic heterocycles. The van der Waals surface area contributed by atoms with E-state index in [0.717, 1.165) is 12.8 Å². The fraction of sp³-hybridized carbons (Fsp3) is 0.304. The number of amides is 1. The van der Waals surface area contributed by atoms with E-state index in [1.54, 1.807) is 42.5 Å². The number of unbranched alkanes of at least 4 members (excludes halogenated alkanes) is 1. The van der Waals surface area contributed by atoms with Crippen molar-refractivity contribution in [3.63, 3.8) is 0 Å². The molecule has 0 saturated carbocycles. The first kappa shape index (κ1) is 22.8. The summed E-state index contributed by atoms with van der Waals surface area (Å²) < 4.78 is 21.2. The van der Waals surface area contributed by atoms with Gasteiger partial charge in [-0.15, -0.1) is 0 Å². The second kappa shape index (κ2) is 11.5.